The number of imide groups is 1. The minimum atomic E-state index is -0.574. The third-order valence-electron chi connectivity index (χ3n) is 6.84. The molecule has 7 heteroatoms. The molecule has 3 aromatic rings. The Kier molecular flexibility index (Phi) is 7.10. The van der Waals surface area contributed by atoms with Gasteiger partial charge in [-0.2, -0.15) is 0 Å². The van der Waals surface area contributed by atoms with Gasteiger partial charge in [-0.15, -0.1) is 0 Å². The van der Waals surface area contributed by atoms with Crippen LogP contribution in [0.4, 0.5) is 11.4 Å². The van der Waals surface area contributed by atoms with Crippen molar-refractivity contribution in [2.75, 3.05) is 16.8 Å². The van der Waals surface area contributed by atoms with Gasteiger partial charge in [0.25, 0.3) is 17.7 Å². The lowest BCUT2D eigenvalue weighted by Crippen LogP contribution is -2.36. The lowest BCUT2D eigenvalue weighted by atomic mass is 9.99. The van der Waals surface area contributed by atoms with E-state index in [1.807, 2.05) is 29.2 Å². The normalized spacial score (nSPS) is 15.3. The first-order valence-electron chi connectivity index (χ1n) is 12.6. The number of unbranched alkanes of at least 4 members (excludes halogenated alkanes) is 1. The minimum Gasteiger partial charge on any atom is -0.350 e. The number of nitrogens with one attached hydrogen (secondary N) is 1. The van der Waals surface area contributed by atoms with E-state index >= 15 is 0 Å². The molecular weight excluding hydrogens is 486 g/mol. The van der Waals surface area contributed by atoms with Gasteiger partial charge in [-0.05, 0) is 66.3 Å². The second-order valence-corrected chi connectivity index (χ2v) is 9.73. The maximum Gasteiger partial charge on any atom is 0.283 e. The summed E-state index contributed by atoms with van der Waals surface area (Å²) in [6.45, 7) is 3.34. The van der Waals surface area contributed by atoms with Gasteiger partial charge in [0.05, 0.1) is 5.69 Å². The molecule has 0 aliphatic carbocycles. The van der Waals surface area contributed by atoms with E-state index in [1.54, 1.807) is 36.4 Å². The average Bonchev–Trinajstić information content (AvgIpc) is 3.14. The summed E-state index contributed by atoms with van der Waals surface area (Å²) in [4.78, 5) is 42.2. The van der Waals surface area contributed by atoms with Crippen LogP contribution in [0, 0.1) is 0 Å². The summed E-state index contributed by atoms with van der Waals surface area (Å²) >= 11 is 6.32. The highest BCUT2D eigenvalue weighted by Crippen LogP contribution is 2.31. The van der Waals surface area contributed by atoms with Crippen LogP contribution in [0.2, 0.25) is 0 Å². The number of anilines is 2. The van der Waals surface area contributed by atoms with Crippen molar-refractivity contribution < 1.29 is 14.4 Å². The molecule has 188 valence electrons. The number of nitrogens with zero attached hydrogens (tertiary/aromatic N) is 2. The molecule has 0 spiro atoms. The third-order valence-corrected chi connectivity index (χ3v) is 7.19. The third kappa shape index (κ3) is 5.02. The van der Waals surface area contributed by atoms with Gasteiger partial charge in [-0.3, -0.25) is 14.4 Å². The summed E-state index contributed by atoms with van der Waals surface area (Å²) in [6, 6.07) is 22.5. The first-order valence-corrected chi connectivity index (χ1v) is 12.9. The van der Waals surface area contributed by atoms with Crippen molar-refractivity contribution >= 4 is 40.7 Å². The van der Waals surface area contributed by atoms with Crippen molar-refractivity contribution in [3.63, 3.8) is 0 Å². The van der Waals surface area contributed by atoms with Crippen molar-refractivity contribution in [2.45, 2.75) is 39.2 Å². The van der Waals surface area contributed by atoms with Crippen LogP contribution in [0.1, 0.15) is 46.8 Å². The molecule has 37 heavy (non-hydrogen) atoms. The SMILES string of the molecule is CCCCc1ccc(N2C(=O)C(Cl)=C(Nc3cccc(C(=O)N4CCc5ccccc5C4)c3)C2=O)cc1. The maximum absolute atomic E-state index is 13.2. The van der Waals surface area contributed by atoms with E-state index < -0.39 is 11.8 Å². The summed E-state index contributed by atoms with van der Waals surface area (Å²) in [7, 11) is 0. The molecule has 2 heterocycles. The number of aryl methyl sites for hydroxylation is 1. The summed E-state index contributed by atoms with van der Waals surface area (Å²) in [5.74, 6) is -1.19. The highest BCUT2D eigenvalue weighted by molar-refractivity contribution is 6.53. The summed E-state index contributed by atoms with van der Waals surface area (Å²) in [5, 5.41) is 2.81. The van der Waals surface area contributed by atoms with Crippen LogP contribution >= 0.6 is 11.6 Å². The number of halogens is 1. The van der Waals surface area contributed by atoms with E-state index in [9.17, 15) is 14.4 Å². The molecule has 0 saturated carbocycles. The Morgan fingerprint density at radius 1 is 0.946 bits per heavy atom. The molecule has 0 atom stereocenters. The lowest BCUT2D eigenvalue weighted by Gasteiger charge is -2.29. The molecule has 0 unspecified atom stereocenters. The molecule has 0 saturated heterocycles. The predicted octanol–water partition coefficient (Wildman–Crippen LogP) is 5.66. The van der Waals surface area contributed by atoms with Gasteiger partial charge in [0, 0.05) is 24.3 Å². The van der Waals surface area contributed by atoms with Crippen LogP contribution in [0.15, 0.2) is 83.5 Å². The molecule has 0 aromatic heterocycles. The van der Waals surface area contributed by atoms with Gasteiger partial charge in [0.2, 0.25) is 0 Å². The Morgan fingerprint density at radius 3 is 2.46 bits per heavy atom. The fraction of sp³-hybridized carbons (Fsp3) is 0.233. The van der Waals surface area contributed by atoms with Crippen molar-refractivity contribution in [1.82, 2.24) is 4.90 Å². The standard InChI is InChI=1S/C30H28ClN3O3/c1-2-3-7-20-12-14-25(15-13-20)34-29(36)26(31)27(30(34)37)32-24-11-6-10-22(18-24)28(35)33-17-16-21-8-4-5-9-23(21)19-33/h4-6,8-15,18,32H,2-3,7,16-17,19H2,1H3. The molecule has 3 aromatic carbocycles. The van der Waals surface area contributed by atoms with Gasteiger partial charge < -0.3 is 10.2 Å². The molecule has 2 aliphatic rings. The highest BCUT2D eigenvalue weighted by atomic mass is 35.5. The zero-order valence-electron chi connectivity index (χ0n) is 20.7. The molecule has 3 amide bonds. The van der Waals surface area contributed by atoms with Crippen LogP contribution in [0.3, 0.4) is 0 Å². The Bertz CT molecular complexity index is 1400. The molecule has 2 aliphatic heterocycles. The second-order valence-electron chi connectivity index (χ2n) is 9.36. The topological polar surface area (TPSA) is 69.7 Å². The van der Waals surface area contributed by atoms with Gasteiger partial charge in [0.1, 0.15) is 10.7 Å². The average molecular weight is 514 g/mol. The minimum absolute atomic E-state index is 0.00164. The van der Waals surface area contributed by atoms with Crippen molar-refractivity contribution in [2.24, 2.45) is 0 Å². The van der Waals surface area contributed by atoms with E-state index in [0.29, 0.717) is 30.0 Å². The molecule has 5 rings (SSSR count). The first-order chi connectivity index (χ1) is 18.0. The Morgan fingerprint density at radius 2 is 1.70 bits per heavy atom. The summed E-state index contributed by atoms with van der Waals surface area (Å²) in [5.41, 5.74) is 5.06. The van der Waals surface area contributed by atoms with Crippen molar-refractivity contribution in [1.29, 1.82) is 0 Å². The van der Waals surface area contributed by atoms with Crippen LogP contribution in [0.25, 0.3) is 0 Å². The number of hydrogen-bond acceptors (Lipinski definition) is 4. The largest absolute Gasteiger partial charge is 0.350 e. The number of hydrogen-bond donors (Lipinski definition) is 1. The smallest absolute Gasteiger partial charge is 0.283 e. The van der Waals surface area contributed by atoms with E-state index in [1.165, 1.54) is 5.56 Å². The molecule has 6 nitrogen and oxygen atoms in total. The fourth-order valence-electron chi connectivity index (χ4n) is 4.76. The Labute approximate surface area is 221 Å². The summed E-state index contributed by atoms with van der Waals surface area (Å²) < 4.78 is 0. The van der Waals surface area contributed by atoms with E-state index in [0.717, 1.165) is 41.7 Å². The van der Waals surface area contributed by atoms with Gasteiger partial charge >= 0.3 is 0 Å². The van der Waals surface area contributed by atoms with Crippen LogP contribution < -0.4 is 10.2 Å². The Balaban J connectivity index is 1.31. The zero-order valence-corrected chi connectivity index (χ0v) is 21.4. The van der Waals surface area contributed by atoms with E-state index in [4.69, 9.17) is 11.6 Å². The number of carbonyl (C=O) groups is 3. The predicted molar refractivity (Wildman–Crippen MR) is 145 cm³/mol. The van der Waals surface area contributed by atoms with Crippen LogP contribution in [0.5, 0.6) is 0 Å². The van der Waals surface area contributed by atoms with Crippen molar-refractivity contribution in [3.05, 3.63) is 106 Å². The van der Waals surface area contributed by atoms with Gasteiger partial charge in [-0.25, -0.2) is 4.90 Å². The number of fused-ring (bicyclic) bond motifs is 1. The molecular formula is C30H28ClN3O3. The quantitative estimate of drug-likeness (QED) is 0.414. The van der Waals surface area contributed by atoms with Crippen LogP contribution in [-0.2, 0) is 29.0 Å². The lowest BCUT2D eigenvalue weighted by molar-refractivity contribution is -0.120. The molecule has 1 N–H and O–H groups in total. The molecule has 0 fully saturated rings. The summed E-state index contributed by atoms with van der Waals surface area (Å²) in [6.07, 6.45) is 3.94. The fourth-order valence-corrected chi connectivity index (χ4v) is 4.98. The number of amides is 3. The van der Waals surface area contributed by atoms with Gasteiger partial charge in [-0.1, -0.05) is 67.4 Å². The molecule has 0 bridgehead atoms. The first kappa shape index (κ1) is 24.8. The van der Waals surface area contributed by atoms with Crippen molar-refractivity contribution in [3.8, 4) is 0 Å². The molecule has 0 radical (unpaired) electrons. The van der Waals surface area contributed by atoms with Gasteiger partial charge in [0.15, 0.2) is 0 Å². The zero-order chi connectivity index (χ0) is 25.9. The second kappa shape index (κ2) is 10.6. The Hall–Kier alpha value is -3.90. The highest BCUT2D eigenvalue weighted by Gasteiger charge is 2.39. The monoisotopic (exact) mass is 513 g/mol. The van der Waals surface area contributed by atoms with E-state index in [-0.39, 0.29) is 16.6 Å². The number of carbonyl (C=O) groups excluding carboxylic acids is 3. The van der Waals surface area contributed by atoms with Crippen LogP contribution in [-0.4, -0.2) is 29.2 Å². The van der Waals surface area contributed by atoms with E-state index in [2.05, 4.69) is 24.4 Å². The maximum atomic E-state index is 13.2. The number of rotatable bonds is 7. The number of benzene rings is 3.